The Balaban J connectivity index is 0.000000144. The third kappa shape index (κ3) is 7.58. The predicted octanol–water partition coefficient (Wildman–Crippen LogP) is 10.9. The average molecular weight is 668 g/mol. The first-order chi connectivity index (χ1) is 21.0. The summed E-state index contributed by atoms with van der Waals surface area (Å²) in [5.41, 5.74) is 14.6. The molecular weight excluding hydrogens is 620 g/mol. The molecule has 4 aromatic rings. The molecule has 228 valence electrons. The Morgan fingerprint density at radius 1 is 0.689 bits per heavy atom. The fourth-order valence-electron chi connectivity index (χ4n) is 6.06. The molecule has 0 radical (unpaired) electrons. The van der Waals surface area contributed by atoms with Crippen LogP contribution in [0.1, 0.15) is 97.1 Å². The van der Waals surface area contributed by atoms with Crippen LogP contribution < -0.4 is 5.22 Å². The van der Waals surface area contributed by atoms with Crippen LogP contribution in [0.2, 0.25) is 0 Å². The first-order valence-electron chi connectivity index (χ1n) is 16.3. The quantitative estimate of drug-likeness (QED) is 0.141. The fraction of sp³-hybridized carbons (Fsp3) is 0.341. The summed E-state index contributed by atoms with van der Waals surface area (Å²) in [6, 6.07) is 30.3. The van der Waals surface area contributed by atoms with E-state index in [4.69, 9.17) is 0 Å². The maximum absolute atomic E-state index is 3.67. The molecule has 0 N–H and O–H groups in total. The van der Waals surface area contributed by atoms with Crippen molar-refractivity contribution in [3.8, 4) is 22.3 Å². The van der Waals surface area contributed by atoms with Crippen molar-refractivity contribution in [2.24, 2.45) is 11.3 Å². The molecule has 45 heavy (non-hydrogen) atoms. The van der Waals surface area contributed by atoms with Gasteiger partial charge in [0.25, 0.3) is 0 Å². The van der Waals surface area contributed by atoms with Crippen LogP contribution in [-0.4, -0.2) is 0 Å². The SMILES string of the molecule is CC(C)(C)c1[c-]c2c(cc1)-c1ccc(C(C)(C)C)cc1C2.CC1[C-]=CC(C(C)(C)C)=C1.[Zr+2]=[c]1cccc2c1=Cc1ccccc1-2. The summed E-state index contributed by atoms with van der Waals surface area (Å²) >= 11 is 1.49. The van der Waals surface area contributed by atoms with Gasteiger partial charge >= 0.3 is 97.5 Å². The Kier molecular flexibility index (Phi) is 9.46. The summed E-state index contributed by atoms with van der Waals surface area (Å²) in [6.07, 6.45) is 11.0. The maximum atomic E-state index is 3.67. The van der Waals surface area contributed by atoms with Crippen molar-refractivity contribution in [2.75, 3.05) is 0 Å². The Morgan fingerprint density at radius 2 is 1.38 bits per heavy atom. The van der Waals surface area contributed by atoms with Gasteiger partial charge in [0.05, 0.1) is 0 Å². The Labute approximate surface area is 287 Å². The summed E-state index contributed by atoms with van der Waals surface area (Å²) in [5, 5.41) is 1.42. The van der Waals surface area contributed by atoms with Gasteiger partial charge in [0, 0.05) is 0 Å². The van der Waals surface area contributed by atoms with Crippen LogP contribution in [0.3, 0.4) is 0 Å². The molecule has 1 atom stereocenters. The van der Waals surface area contributed by atoms with E-state index in [1.807, 2.05) is 0 Å². The first-order valence-corrected chi connectivity index (χ1v) is 17.5. The molecule has 0 saturated heterocycles. The summed E-state index contributed by atoms with van der Waals surface area (Å²) in [5.74, 6) is 0.522. The zero-order valence-corrected chi connectivity index (χ0v) is 31.4. The number of rotatable bonds is 0. The predicted molar refractivity (Wildman–Crippen MR) is 189 cm³/mol. The molecular formula is C44H48Zr. The van der Waals surface area contributed by atoms with E-state index in [2.05, 4.69) is 172 Å². The van der Waals surface area contributed by atoms with Crippen molar-refractivity contribution in [3.63, 3.8) is 0 Å². The molecule has 0 nitrogen and oxygen atoms in total. The number of allylic oxidation sites excluding steroid dienone is 4. The van der Waals surface area contributed by atoms with Gasteiger partial charge in [-0.2, -0.15) is 35.4 Å². The van der Waals surface area contributed by atoms with E-state index < -0.39 is 0 Å². The standard InChI is InChI=1S/C21H25.C13H8.C10H15.Zr/c1-20(2,3)16-7-9-18-14(12-16)11-15-13-17(21(4,5)6)8-10-19(15)18;1-3-7-12-10(5-1)9-11-6-2-4-8-13(11)12;1-8-5-6-9(7-8)10(2,3)4;/h7-10,12H,11H2,1-6H3;1-5,7-9H;6-8H,1-4H3;/q-1;;-1;+2. The molecule has 1 unspecified atom stereocenters. The summed E-state index contributed by atoms with van der Waals surface area (Å²) in [4.78, 5) is 0. The van der Waals surface area contributed by atoms with Crippen LogP contribution in [0.5, 0.6) is 0 Å². The van der Waals surface area contributed by atoms with Crippen LogP contribution in [0.25, 0.3) is 28.3 Å². The number of hydrogen-bond donors (Lipinski definition) is 0. The molecule has 3 aliphatic rings. The average Bonchev–Trinajstić information content (AvgIpc) is 3.67. The zero-order valence-electron chi connectivity index (χ0n) is 28.9. The zero-order chi connectivity index (χ0) is 32.7. The molecule has 0 fully saturated rings. The van der Waals surface area contributed by atoms with E-state index in [9.17, 15) is 0 Å². The van der Waals surface area contributed by atoms with E-state index in [-0.39, 0.29) is 10.8 Å². The second-order valence-corrected chi connectivity index (χ2v) is 17.1. The van der Waals surface area contributed by atoms with Crippen molar-refractivity contribution in [1.82, 2.24) is 0 Å². The van der Waals surface area contributed by atoms with Gasteiger partial charge in [0.2, 0.25) is 0 Å². The van der Waals surface area contributed by atoms with E-state index >= 15 is 0 Å². The third-order valence-corrected chi connectivity index (χ3v) is 9.99. The summed E-state index contributed by atoms with van der Waals surface area (Å²) < 4.78 is 1.45. The first kappa shape index (κ1) is 33.5. The molecule has 3 aliphatic carbocycles. The molecule has 1 heteroatoms. The van der Waals surface area contributed by atoms with Crippen molar-refractivity contribution in [1.29, 1.82) is 0 Å². The Morgan fingerprint density at radius 3 is 2.00 bits per heavy atom. The van der Waals surface area contributed by atoms with Gasteiger partial charge in [-0.3, -0.25) is 6.08 Å². The van der Waals surface area contributed by atoms with E-state index in [1.165, 1.54) is 87.9 Å². The molecule has 7 rings (SSSR count). The third-order valence-electron chi connectivity index (χ3n) is 8.92. The molecule has 0 spiro atoms. The van der Waals surface area contributed by atoms with Gasteiger partial charge in [-0.1, -0.05) is 104 Å². The molecule has 0 aromatic heterocycles. The van der Waals surface area contributed by atoms with Gasteiger partial charge in [0.15, 0.2) is 0 Å². The van der Waals surface area contributed by atoms with Gasteiger partial charge in [0.1, 0.15) is 0 Å². The minimum absolute atomic E-state index is 0.167. The number of benzene rings is 4. The topological polar surface area (TPSA) is 0 Å². The second-order valence-electron chi connectivity index (χ2n) is 15.8. The van der Waals surface area contributed by atoms with E-state index in [0.717, 1.165) is 6.42 Å². The molecule has 0 saturated carbocycles. The Hall–Kier alpha value is -2.89. The van der Waals surface area contributed by atoms with Gasteiger partial charge in [-0.15, -0.1) is 11.1 Å². The van der Waals surface area contributed by atoms with Gasteiger partial charge in [-0.25, -0.2) is 6.08 Å². The number of hydrogen-bond acceptors (Lipinski definition) is 0. The normalized spacial score (nSPS) is 15.8. The second kappa shape index (κ2) is 12.7. The van der Waals surface area contributed by atoms with Gasteiger partial charge < -0.3 is 0 Å². The van der Waals surface area contributed by atoms with Crippen LogP contribution in [0.15, 0.2) is 90.5 Å². The monoisotopic (exact) mass is 666 g/mol. The summed E-state index contributed by atoms with van der Waals surface area (Å²) in [7, 11) is 0. The van der Waals surface area contributed by atoms with Crippen LogP contribution >= 0.6 is 0 Å². The minimum atomic E-state index is 0.167. The Bertz CT molecular complexity index is 1830. The van der Waals surface area contributed by atoms with Crippen molar-refractivity contribution < 1.29 is 24.2 Å². The number of fused-ring (bicyclic) bond motifs is 6. The molecule has 4 aromatic carbocycles. The molecule has 0 heterocycles. The van der Waals surface area contributed by atoms with Crippen LogP contribution in [0.4, 0.5) is 0 Å². The van der Waals surface area contributed by atoms with E-state index in [0.29, 0.717) is 11.3 Å². The van der Waals surface area contributed by atoms with Gasteiger partial charge in [-0.05, 0) is 28.4 Å². The van der Waals surface area contributed by atoms with Crippen LogP contribution in [0, 0.1) is 26.3 Å². The van der Waals surface area contributed by atoms with E-state index in [1.54, 1.807) is 0 Å². The van der Waals surface area contributed by atoms with Crippen molar-refractivity contribution >= 4 is 6.08 Å². The summed E-state index contributed by atoms with van der Waals surface area (Å²) in [6.45, 7) is 22.5. The van der Waals surface area contributed by atoms with Crippen molar-refractivity contribution in [3.05, 3.63) is 139 Å². The molecule has 0 amide bonds. The molecule has 0 bridgehead atoms. The fourth-order valence-corrected chi connectivity index (χ4v) is 6.81. The van der Waals surface area contributed by atoms with Crippen LogP contribution in [-0.2, 0) is 41.5 Å². The van der Waals surface area contributed by atoms with Crippen molar-refractivity contribution in [2.45, 2.75) is 86.5 Å². The molecule has 0 aliphatic heterocycles.